The lowest BCUT2D eigenvalue weighted by Crippen LogP contribution is -2.50. The molecule has 3 rings (SSSR count). The Morgan fingerprint density at radius 3 is 2.48 bits per heavy atom. The summed E-state index contributed by atoms with van der Waals surface area (Å²) in [5, 5.41) is 3.36. The van der Waals surface area contributed by atoms with Gasteiger partial charge in [-0.25, -0.2) is 0 Å². The number of anilines is 1. The fraction of sp³-hybridized carbons (Fsp3) is 0.440. The third-order valence-electron chi connectivity index (χ3n) is 5.63. The van der Waals surface area contributed by atoms with E-state index < -0.39 is 0 Å². The molecule has 2 aromatic carbocycles. The number of methoxy groups -OCH3 is 1. The van der Waals surface area contributed by atoms with Gasteiger partial charge in [-0.3, -0.25) is 14.5 Å². The molecular formula is C25H32ClN3O4. The van der Waals surface area contributed by atoms with Gasteiger partial charge in [0.05, 0.1) is 25.3 Å². The second kappa shape index (κ2) is 11.9. The third-order valence-corrected chi connectivity index (χ3v) is 5.91. The number of hydrogen-bond donors (Lipinski definition) is 1. The van der Waals surface area contributed by atoms with E-state index in [4.69, 9.17) is 21.1 Å². The number of nitrogens with one attached hydrogen (secondary N) is 1. The Bertz CT molecular complexity index is 974. The molecule has 1 fully saturated rings. The van der Waals surface area contributed by atoms with E-state index in [1.54, 1.807) is 17.0 Å². The lowest BCUT2D eigenvalue weighted by Gasteiger charge is -2.34. The minimum Gasteiger partial charge on any atom is -0.493 e. The van der Waals surface area contributed by atoms with Crippen molar-refractivity contribution in [3.05, 3.63) is 52.5 Å². The molecule has 0 radical (unpaired) electrons. The monoisotopic (exact) mass is 473 g/mol. The molecule has 1 aliphatic rings. The molecule has 8 heteroatoms. The summed E-state index contributed by atoms with van der Waals surface area (Å²) in [6, 6.07) is 11.1. The number of aryl methyl sites for hydroxylation is 1. The first kappa shape index (κ1) is 24.9. The van der Waals surface area contributed by atoms with Gasteiger partial charge in [-0.2, -0.15) is 0 Å². The summed E-state index contributed by atoms with van der Waals surface area (Å²) < 4.78 is 11.1. The Labute approximate surface area is 200 Å². The SMILES string of the molecule is CCCOc1c(Cl)cc(C(=O)N2CCN(CC(=O)Nc3ccccc3CC)CC2)cc1OC. The van der Waals surface area contributed by atoms with Gasteiger partial charge in [0.2, 0.25) is 5.91 Å². The van der Waals surface area contributed by atoms with Crippen molar-refractivity contribution in [3.8, 4) is 11.5 Å². The summed E-state index contributed by atoms with van der Waals surface area (Å²) in [5.41, 5.74) is 2.43. The molecule has 0 aromatic heterocycles. The fourth-order valence-electron chi connectivity index (χ4n) is 3.82. The quantitative estimate of drug-likeness (QED) is 0.593. The minimum atomic E-state index is -0.113. The average molecular weight is 474 g/mol. The van der Waals surface area contributed by atoms with Gasteiger partial charge in [0.25, 0.3) is 5.91 Å². The van der Waals surface area contributed by atoms with Gasteiger partial charge >= 0.3 is 0 Å². The Morgan fingerprint density at radius 2 is 1.82 bits per heavy atom. The van der Waals surface area contributed by atoms with Crippen LogP contribution in [0.5, 0.6) is 11.5 Å². The van der Waals surface area contributed by atoms with Gasteiger partial charge in [-0.15, -0.1) is 0 Å². The highest BCUT2D eigenvalue weighted by molar-refractivity contribution is 6.32. The number of hydrogen-bond acceptors (Lipinski definition) is 5. The zero-order valence-corrected chi connectivity index (χ0v) is 20.3. The third kappa shape index (κ3) is 6.39. The van der Waals surface area contributed by atoms with E-state index in [9.17, 15) is 9.59 Å². The number of piperazine rings is 1. The van der Waals surface area contributed by atoms with Crippen LogP contribution in [0.1, 0.15) is 36.2 Å². The van der Waals surface area contributed by atoms with E-state index in [0.717, 1.165) is 24.1 Å². The molecule has 0 unspecified atom stereocenters. The van der Waals surface area contributed by atoms with Crippen molar-refractivity contribution in [2.24, 2.45) is 0 Å². The average Bonchev–Trinajstić information content (AvgIpc) is 2.83. The smallest absolute Gasteiger partial charge is 0.254 e. The van der Waals surface area contributed by atoms with E-state index in [2.05, 4.69) is 17.1 Å². The molecule has 0 spiro atoms. The molecule has 0 atom stereocenters. The number of rotatable bonds is 9. The number of benzene rings is 2. The van der Waals surface area contributed by atoms with Crippen LogP contribution in [0.2, 0.25) is 5.02 Å². The maximum atomic E-state index is 13.1. The highest BCUT2D eigenvalue weighted by Gasteiger charge is 2.25. The van der Waals surface area contributed by atoms with E-state index in [1.165, 1.54) is 7.11 Å². The Balaban J connectivity index is 1.56. The second-order valence-corrected chi connectivity index (χ2v) is 8.37. The van der Waals surface area contributed by atoms with Crippen LogP contribution < -0.4 is 14.8 Å². The molecular weight excluding hydrogens is 442 g/mol. The number of amides is 2. The summed E-state index contributed by atoms with van der Waals surface area (Å²) in [7, 11) is 1.53. The van der Waals surface area contributed by atoms with Crippen LogP contribution in [0.15, 0.2) is 36.4 Å². The van der Waals surface area contributed by atoms with Crippen molar-refractivity contribution in [1.82, 2.24) is 9.80 Å². The van der Waals surface area contributed by atoms with Crippen molar-refractivity contribution in [2.45, 2.75) is 26.7 Å². The number of carbonyl (C=O) groups is 2. The van der Waals surface area contributed by atoms with Crippen LogP contribution in [0.25, 0.3) is 0 Å². The predicted octanol–water partition coefficient (Wildman–Crippen LogP) is 4.10. The minimum absolute atomic E-state index is 0.0464. The molecule has 1 heterocycles. The van der Waals surface area contributed by atoms with Gasteiger partial charge in [-0.1, -0.05) is 43.6 Å². The summed E-state index contributed by atoms with van der Waals surface area (Å²) in [6.07, 6.45) is 1.70. The highest BCUT2D eigenvalue weighted by Crippen LogP contribution is 2.37. The van der Waals surface area contributed by atoms with Crippen molar-refractivity contribution in [2.75, 3.05) is 51.8 Å². The van der Waals surface area contributed by atoms with Crippen LogP contribution in [-0.2, 0) is 11.2 Å². The van der Waals surface area contributed by atoms with E-state index >= 15 is 0 Å². The van der Waals surface area contributed by atoms with Crippen LogP contribution in [-0.4, -0.2) is 68.1 Å². The molecule has 7 nitrogen and oxygen atoms in total. The van der Waals surface area contributed by atoms with Crippen LogP contribution in [0.3, 0.4) is 0 Å². The topological polar surface area (TPSA) is 71.1 Å². The zero-order valence-electron chi connectivity index (χ0n) is 19.5. The molecule has 33 heavy (non-hydrogen) atoms. The molecule has 0 bridgehead atoms. The summed E-state index contributed by atoms with van der Waals surface area (Å²) >= 11 is 6.37. The van der Waals surface area contributed by atoms with Crippen molar-refractivity contribution in [3.63, 3.8) is 0 Å². The van der Waals surface area contributed by atoms with Gasteiger partial charge in [0.15, 0.2) is 11.5 Å². The first-order valence-corrected chi connectivity index (χ1v) is 11.7. The Morgan fingerprint density at radius 1 is 1.09 bits per heavy atom. The largest absolute Gasteiger partial charge is 0.493 e. The van der Waals surface area contributed by atoms with E-state index in [1.807, 2.05) is 31.2 Å². The van der Waals surface area contributed by atoms with Gasteiger partial charge in [0, 0.05) is 37.4 Å². The lowest BCUT2D eigenvalue weighted by atomic mass is 10.1. The molecule has 2 aromatic rings. The normalized spacial score (nSPS) is 14.1. The molecule has 2 amide bonds. The fourth-order valence-corrected chi connectivity index (χ4v) is 4.09. The number of nitrogens with zero attached hydrogens (tertiary/aromatic N) is 2. The molecule has 1 aliphatic heterocycles. The van der Waals surface area contributed by atoms with Crippen LogP contribution in [0.4, 0.5) is 5.69 Å². The summed E-state index contributed by atoms with van der Waals surface area (Å²) in [4.78, 5) is 29.4. The summed E-state index contributed by atoms with van der Waals surface area (Å²) in [5.74, 6) is 0.744. The van der Waals surface area contributed by atoms with Gasteiger partial charge in [-0.05, 0) is 36.6 Å². The molecule has 178 valence electrons. The zero-order chi connectivity index (χ0) is 23.8. The van der Waals surface area contributed by atoms with Crippen molar-refractivity contribution >= 4 is 29.1 Å². The molecule has 0 saturated carbocycles. The maximum Gasteiger partial charge on any atom is 0.254 e. The first-order valence-electron chi connectivity index (χ1n) is 11.4. The Hall–Kier alpha value is -2.77. The predicted molar refractivity (Wildman–Crippen MR) is 131 cm³/mol. The van der Waals surface area contributed by atoms with Gasteiger partial charge in [0.1, 0.15) is 0 Å². The van der Waals surface area contributed by atoms with Crippen LogP contribution in [0, 0.1) is 0 Å². The number of halogens is 1. The van der Waals surface area contributed by atoms with Crippen molar-refractivity contribution < 1.29 is 19.1 Å². The molecule has 1 N–H and O–H groups in total. The number of para-hydroxylation sites is 1. The first-order chi connectivity index (χ1) is 16.0. The van der Waals surface area contributed by atoms with Gasteiger partial charge < -0.3 is 19.7 Å². The standard InChI is InChI=1S/C25H32ClN3O4/c1-4-14-33-24-20(26)15-19(16-22(24)32-3)25(31)29-12-10-28(11-13-29)17-23(30)27-21-9-7-6-8-18(21)5-2/h6-9,15-16H,4-5,10-14,17H2,1-3H3,(H,27,30). The highest BCUT2D eigenvalue weighted by atomic mass is 35.5. The lowest BCUT2D eigenvalue weighted by molar-refractivity contribution is -0.117. The summed E-state index contributed by atoms with van der Waals surface area (Å²) in [6.45, 7) is 7.19. The molecule has 1 saturated heterocycles. The number of ether oxygens (including phenoxy) is 2. The van der Waals surface area contributed by atoms with E-state index in [-0.39, 0.29) is 11.8 Å². The van der Waals surface area contributed by atoms with E-state index in [0.29, 0.717) is 61.4 Å². The number of carbonyl (C=O) groups excluding carboxylic acids is 2. The molecule has 0 aliphatic carbocycles. The van der Waals surface area contributed by atoms with Crippen molar-refractivity contribution in [1.29, 1.82) is 0 Å². The maximum absolute atomic E-state index is 13.1. The van der Waals surface area contributed by atoms with Crippen LogP contribution >= 0.6 is 11.6 Å². The second-order valence-electron chi connectivity index (χ2n) is 7.97. The Kier molecular flexibility index (Phi) is 8.97.